The van der Waals surface area contributed by atoms with E-state index in [4.69, 9.17) is 0 Å². The van der Waals surface area contributed by atoms with Crippen molar-refractivity contribution < 1.29 is 27.8 Å². The Labute approximate surface area is 184 Å². The minimum Gasteiger partial charge on any atom is -0.465 e. The Morgan fingerprint density at radius 3 is 1.39 bits per heavy atom. The number of carbonyl (C=O) groups is 2. The second-order valence-corrected chi connectivity index (χ2v) is 6.92. The van der Waals surface area contributed by atoms with Gasteiger partial charge in [-0.3, -0.25) is 0 Å². The highest BCUT2D eigenvalue weighted by atomic mass is 127. The Morgan fingerprint density at radius 1 is 0.821 bits per heavy atom. The van der Waals surface area contributed by atoms with E-state index in [1.165, 1.54) is 38.5 Å². The molecule has 2 aromatic carbocycles. The van der Waals surface area contributed by atoms with E-state index in [2.05, 4.69) is 61.2 Å². The number of rotatable bonds is 3. The van der Waals surface area contributed by atoms with Gasteiger partial charge in [-0.25, -0.2) is 14.0 Å². The lowest BCUT2D eigenvalue weighted by atomic mass is 10.1. The molecule has 0 atom stereocenters. The lowest BCUT2D eigenvalue weighted by molar-refractivity contribution is 0.0592. The van der Waals surface area contributed by atoms with Gasteiger partial charge in [-0.05, 0) is 74.9 Å². The van der Waals surface area contributed by atoms with Gasteiger partial charge < -0.3 is 9.47 Å². The van der Waals surface area contributed by atoms with E-state index >= 15 is 0 Å². The fourth-order valence-electron chi connectivity index (χ4n) is 1.61. The van der Waals surface area contributed by atoms with Crippen molar-refractivity contribution in [3.05, 3.63) is 86.7 Å². The van der Waals surface area contributed by atoms with E-state index in [1.807, 2.05) is 12.1 Å². The van der Waals surface area contributed by atoms with Crippen LogP contribution in [0.3, 0.4) is 0 Å². The highest BCUT2D eigenvalue weighted by Gasteiger charge is 2.05. The molecule has 0 amide bonds. The van der Waals surface area contributed by atoms with E-state index in [1.54, 1.807) is 12.1 Å². The Hall–Kier alpha value is -2.07. The fraction of sp³-hybridized carbons (Fsp3) is 0.100. The van der Waals surface area contributed by atoms with Crippen molar-refractivity contribution in [3.8, 4) is 0 Å². The summed E-state index contributed by atoms with van der Waals surface area (Å²) in [6.07, 6.45) is 0. The maximum absolute atomic E-state index is 12.5. The van der Waals surface area contributed by atoms with Gasteiger partial charge in [0.15, 0.2) is 4.74 Å². The Bertz CT molecular complexity index is 802. The summed E-state index contributed by atoms with van der Waals surface area (Å²) in [5, 5.41) is 0. The number of esters is 2. The molecule has 28 heavy (non-hydrogen) atoms. The predicted octanol–water partition coefficient (Wildman–Crippen LogP) is 6.31. The average Bonchev–Trinajstić information content (AvgIpc) is 2.67. The summed E-state index contributed by atoms with van der Waals surface area (Å²) in [6.45, 7) is 5.94. The van der Waals surface area contributed by atoms with Crippen LogP contribution in [-0.4, -0.2) is 26.2 Å². The van der Waals surface area contributed by atoms with Gasteiger partial charge in [-0.2, -0.15) is 4.39 Å². The number of halogens is 4. The van der Waals surface area contributed by atoms with Crippen LogP contribution in [0, 0.1) is 3.57 Å². The highest BCUT2D eigenvalue weighted by molar-refractivity contribution is 14.1. The monoisotopic (exact) mass is 566 g/mol. The number of methoxy groups -OCH3 is 2. The van der Waals surface area contributed by atoms with Crippen LogP contribution >= 0.6 is 38.5 Å². The molecule has 0 spiro atoms. The summed E-state index contributed by atoms with van der Waals surface area (Å²) in [4.78, 5) is 21.9. The zero-order valence-electron chi connectivity index (χ0n) is 15.2. The lowest BCUT2D eigenvalue weighted by Crippen LogP contribution is -2.00. The summed E-state index contributed by atoms with van der Waals surface area (Å²) in [5.74, 6) is -1.24. The molecule has 0 saturated heterocycles. The standard InChI is InChI=1S/C10H9FO2.C8H7IO2.C2H2BrF/c1-7(11)8-3-5-9(6-4-8)10(12)13-2;1-11-8(10)6-2-4-7(9)5-3-6;1-2(3)4/h3-6H,1H2,2H3;2-5H,1H3;1H2. The second-order valence-electron chi connectivity index (χ2n) is 4.81. The third-order valence-corrected chi connectivity index (χ3v) is 3.60. The largest absolute Gasteiger partial charge is 0.465 e. The average molecular weight is 567 g/mol. The number of hydrogen-bond acceptors (Lipinski definition) is 4. The molecular formula is C20H18BrF2IO4. The molecule has 0 N–H and O–H groups in total. The lowest BCUT2D eigenvalue weighted by Gasteiger charge is -1.99. The minimum atomic E-state index is -0.521. The molecule has 0 saturated carbocycles. The van der Waals surface area contributed by atoms with Crippen LogP contribution in [0.25, 0.3) is 5.83 Å². The molecule has 0 fully saturated rings. The number of benzene rings is 2. The summed E-state index contributed by atoms with van der Waals surface area (Å²) in [5.41, 5.74) is 1.35. The van der Waals surface area contributed by atoms with Gasteiger partial charge in [-0.1, -0.05) is 25.3 Å². The van der Waals surface area contributed by atoms with Gasteiger partial charge in [-0.15, -0.1) is 0 Å². The van der Waals surface area contributed by atoms with Crippen molar-refractivity contribution >= 4 is 56.3 Å². The van der Waals surface area contributed by atoms with Crippen LogP contribution in [0.2, 0.25) is 0 Å². The van der Waals surface area contributed by atoms with Gasteiger partial charge in [0.1, 0.15) is 5.83 Å². The van der Waals surface area contributed by atoms with E-state index in [0.29, 0.717) is 16.7 Å². The molecule has 0 unspecified atom stereocenters. The maximum atomic E-state index is 12.5. The van der Waals surface area contributed by atoms with Crippen molar-refractivity contribution in [2.75, 3.05) is 14.2 Å². The van der Waals surface area contributed by atoms with Gasteiger partial charge in [0, 0.05) is 9.13 Å². The normalized spacial score (nSPS) is 8.93. The van der Waals surface area contributed by atoms with Crippen LogP contribution in [0.4, 0.5) is 8.78 Å². The van der Waals surface area contributed by atoms with Gasteiger partial charge in [0.25, 0.3) is 0 Å². The van der Waals surface area contributed by atoms with E-state index in [9.17, 15) is 18.4 Å². The quantitative estimate of drug-likeness (QED) is 0.322. The van der Waals surface area contributed by atoms with Gasteiger partial charge >= 0.3 is 11.9 Å². The second kappa shape index (κ2) is 14.0. The van der Waals surface area contributed by atoms with Crippen LogP contribution < -0.4 is 0 Å². The Balaban J connectivity index is 0.000000442. The first-order valence-electron chi connectivity index (χ1n) is 7.49. The van der Waals surface area contributed by atoms with Crippen LogP contribution in [-0.2, 0) is 9.47 Å². The fourth-order valence-corrected chi connectivity index (χ4v) is 1.97. The first kappa shape index (κ1) is 25.9. The number of ether oxygens (including phenoxy) is 2. The van der Waals surface area contributed by atoms with E-state index in [0.717, 1.165) is 3.57 Å². The molecule has 0 heterocycles. The third-order valence-electron chi connectivity index (χ3n) is 2.88. The predicted molar refractivity (Wildman–Crippen MR) is 118 cm³/mol. The molecule has 2 rings (SSSR count). The molecule has 150 valence electrons. The first-order valence-corrected chi connectivity index (χ1v) is 9.36. The van der Waals surface area contributed by atoms with Crippen molar-refractivity contribution in [2.45, 2.75) is 0 Å². The Morgan fingerprint density at radius 2 is 1.11 bits per heavy atom. The van der Waals surface area contributed by atoms with Crippen LogP contribution in [0.15, 0.2) is 66.4 Å². The summed E-state index contributed by atoms with van der Waals surface area (Å²) in [6, 6.07) is 13.2. The molecule has 4 nitrogen and oxygen atoms in total. The minimum absolute atomic E-state index is 0.290. The molecule has 0 bridgehead atoms. The summed E-state index contributed by atoms with van der Waals surface area (Å²) < 4.78 is 32.9. The van der Waals surface area contributed by atoms with Crippen LogP contribution in [0.5, 0.6) is 0 Å². The number of carbonyl (C=O) groups excluding carboxylic acids is 2. The van der Waals surface area contributed by atoms with Crippen molar-refractivity contribution in [1.82, 2.24) is 0 Å². The topological polar surface area (TPSA) is 52.6 Å². The van der Waals surface area contributed by atoms with E-state index in [-0.39, 0.29) is 5.97 Å². The molecular weight excluding hydrogens is 549 g/mol. The first-order chi connectivity index (χ1) is 13.1. The third kappa shape index (κ3) is 10.9. The molecule has 0 aromatic heterocycles. The summed E-state index contributed by atoms with van der Waals surface area (Å²) in [7, 11) is 2.67. The zero-order chi connectivity index (χ0) is 21.7. The molecule has 0 radical (unpaired) electrons. The molecule has 0 aliphatic carbocycles. The van der Waals surface area contributed by atoms with Crippen molar-refractivity contribution in [1.29, 1.82) is 0 Å². The summed E-state index contributed by atoms with van der Waals surface area (Å²) >= 11 is 4.59. The Kier molecular flexibility index (Phi) is 13.0. The number of hydrogen-bond donors (Lipinski definition) is 0. The highest BCUT2D eigenvalue weighted by Crippen LogP contribution is 2.14. The van der Waals surface area contributed by atoms with Gasteiger partial charge in [0.05, 0.1) is 25.3 Å². The SMILES string of the molecule is C=C(F)Br.C=C(F)c1ccc(C(=O)OC)cc1.COC(=O)c1ccc(I)cc1. The van der Waals surface area contributed by atoms with Crippen molar-refractivity contribution in [2.24, 2.45) is 0 Å². The maximum Gasteiger partial charge on any atom is 0.337 e. The molecule has 2 aromatic rings. The van der Waals surface area contributed by atoms with Crippen LogP contribution in [0.1, 0.15) is 26.3 Å². The molecule has 8 heteroatoms. The van der Waals surface area contributed by atoms with Crippen molar-refractivity contribution in [3.63, 3.8) is 0 Å². The van der Waals surface area contributed by atoms with Gasteiger partial charge in [0.2, 0.25) is 0 Å². The molecule has 0 aliphatic rings. The smallest absolute Gasteiger partial charge is 0.337 e. The molecule has 0 aliphatic heterocycles. The van der Waals surface area contributed by atoms with E-state index < -0.39 is 16.5 Å². The zero-order valence-corrected chi connectivity index (χ0v) is 18.9.